The Kier molecular flexibility index (Phi) is 8.87. The summed E-state index contributed by atoms with van der Waals surface area (Å²) in [7, 11) is 0. The van der Waals surface area contributed by atoms with Gasteiger partial charge in [0, 0.05) is 6.07 Å². The van der Waals surface area contributed by atoms with Gasteiger partial charge in [-0.25, -0.2) is 11.7 Å². The first-order valence-electron chi connectivity index (χ1n) is 8.75. The third-order valence-corrected chi connectivity index (χ3v) is 3.74. The van der Waals surface area contributed by atoms with Gasteiger partial charge in [-0.3, -0.25) is 20.4 Å². The summed E-state index contributed by atoms with van der Waals surface area (Å²) in [5.74, 6) is 10.9. The van der Waals surface area contributed by atoms with Crippen LogP contribution in [0.2, 0.25) is 0 Å². The Morgan fingerprint density at radius 1 is 0.846 bits per heavy atom. The van der Waals surface area contributed by atoms with Gasteiger partial charge in [-0.15, -0.1) is 0 Å². The lowest BCUT2D eigenvalue weighted by Crippen LogP contribution is -2.33. The highest BCUT2D eigenvalue weighted by atomic mass is 16.5. The van der Waals surface area contributed by atoms with Crippen LogP contribution in [0.4, 0.5) is 0 Å². The van der Waals surface area contributed by atoms with E-state index < -0.39 is 11.8 Å². The molecule has 26 heavy (non-hydrogen) atoms. The highest BCUT2D eigenvalue weighted by molar-refractivity contribution is 6.03. The molecule has 6 N–H and O–H groups in total. The van der Waals surface area contributed by atoms with Crippen molar-refractivity contribution in [3.05, 3.63) is 23.3 Å². The van der Waals surface area contributed by atoms with E-state index in [1.807, 2.05) is 0 Å². The smallest absolute Gasteiger partial charge is 0.268 e. The molecule has 0 aromatic heterocycles. The fraction of sp³-hybridized carbons (Fsp3) is 0.556. The van der Waals surface area contributed by atoms with Crippen molar-refractivity contribution < 1.29 is 19.1 Å². The number of nitrogens with two attached hydrogens (primary N) is 2. The number of nitrogens with one attached hydrogen (secondary N) is 2. The van der Waals surface area contributed by atoms with E-state index >= 15 is 0 Å². The number of hydrogen-bond donors (Lipinski definition) is 4. The molecule has 0 aliphatic rings. The van der Waals surface area contributed by atoms with Crippen LogP contribution in [0.1, 0.15) is 61.3 Å². The van der Waals surface area contributed by atoms with Crippen molar-refractivity contribution in [3.8, 4) is 11.5 Å². The van der Waals surface area contributed by atoms with E-state index in [1.54, 1.807) is 0 Å². The SMILES string of the molecule is CC(C)CCOc1cc(OCCC(C)C)c(C(=O)NN)cc1C(=O)NN. The summed E-state index contributed by atoms with van der Waals surface area (Å²) in [5, 5.41) is 0. The Morgan fingerprint density at radius 3 is 1.54 bits per heavy atom. The minimum atomic E-state index is -0.565. The minimum absolute atomic E-state index is 0.145. The molecule has 1 rings (SSSR count). The normalized spacial score (nSPS) is 10.8. The third kappa shape index (κ3) is 6.53. The van der Waals surface area contributed by atoms with Crippen LogP contribution in [-0.4, -0.2) is 25.0 Å². The second-order valence-corrected chi connectivity index (χ2v) is 6.85. The van der Waals surface area contributed by atoms with Gasteiger partial charge in [-0.05, 0) is 30.7 Å². The first kappa shape index (κ1) is 21.7. The number of ether oxygens (including phenoxy) is 2. The van der Waals surface area contributed by atoms with E-state index in [-0.39, 0.29) is 11.1 Å². The summed E-state index contributed by atoms with van der Waals surface area (Å²) in [6, 6.07) is 2.91. The first-order chi connectivity index (χ1) is 12.3. The van der Waals surface area contributed by atoms with Crippen molar-refractivity contribution in [1.82, 2.24) is 10.9 Å². The number of amides is 2. The third-order valence-electron chi connectivity index (χ3n) is 3.74. The van der Waals surface area contributed by atoms with Gasteiger partial charge < -0.3 is 9.47 Å². The topological polar surface area (TPSA) is 129 Å². The van der Waals surface area contributed by atoms with Gasteiger partial charge >= 0.3 is 0 Å². The molecule has 0 bridgehead atoms. The van der Waals surface area contributed by atoms with Crippen LogP contribution in [0.15, 0.2) is 12.1 Å². The van der Waals surface area contributed by atoms with Crippen molar-refractivity contribution in [2.75, 3.05) is 13.2 Å². The molecular formula is C18H30N4O4. The van der Waals surface area contributed by atoms with E-state index in [1.165, 1.54) is 12.1 Å². The van der Waals surface area contributed by atoms with Crippen LogP contribution in [-0.2, 0) is 0 Å². The Balaban J connectivity index is 3.22. The molecule has 0 aliphatic carbocycles. The molecule has 0 fully saturated rings. The molecule has 1 aromatic rings. The largest absolute Gasteiger partial charge is 0.493 e. The Bertz CT molecular complexity index is 568. The Hall–Kier alpha value is -2.32. The molecule has 8 heteroatoms. The predicted octanol–water partition coefficient (Wildman–Crippen LogP) is 1.74. The fourth-order valence-corrected chi connectivity index (χ4v) is 2.12. The van der Waals surface area contributed by atoms with E-state index in [9.17, 15) is 9.59 Å². The van der Waals surface area contributed by atoms with Gasteiger partial charge in [0.2, 0.25) is 0 Å². The Labute approximate surface area is 154 Å². The Morgan fingerprint density at radius 2 is 1.23 bits per heavy atom. The van der Waals surface area contributed by atoms with Crippen molar-refractivity contribution >= 4 is 11.8 Å². The molecule has 0 saturated heterocycles. The van der Waals surface area contributed by atoms with Crippen molar-refractivity contribution in [2.45, 2.75) is 40.5 Å². The van der Waals surface area contributed by atoms with Crippen molar-refractivity contribution in [3.63, 3.8) is 0 Å². The van der Waals surface area contributed by atoms with Gasteiger partial charge in [0.25, 0.3) is 11.8 Å². The average Bonchev–Trinajstić information content (AvgIpc) is 2.59. The summed E-state index contributed by atoms with van der Waals surface area (Å²) >= 11 is 0. The molecule has 0 unspecified atom stereocenters. The molecule has 1 aromatic carbocycles. The highest BCUT2D eigenvalue weighted by Gasteiger charge is 2.21. The van der Waals surface area contributed by atoms with Crippen LogP contribution in [0.5, 0.6) is 11.5 Å². The number of carbonyl (C=O) groups is 2. The number of hydrazine groups is 2. The zero-order valence-electron chi connectivity index (χ0n) is 15.9. The molecule has 0 radical (unpaired) electrons. The summed E-state index contributed by atoms with van der Waals surface area (Å²) < 4.78 is 11.5. The predicted molar refractivity (Wildman–Crippen MR) is 99.6 cm³/mol. The second-order valence-electron chi connectivity index (χ2n) is 6.85. The van der Waals surface area contributed by atoms with Crippen molar-refractivity contribution in [1.29, 1.82) is 0 Å². The van der Waals surface area contributed by atoms with Gasteiger partial charge in [-0.2, -0.15) is 0 Å². The molecule has 0 aliphatic heterocycles. The molecule has 2 amide bonds. The van der Waals surface area contributed by atoms with E-state index in [0.29, 0.717) is 36.5 Å². The van der Waals surface area contributed by atoms with Crippen LogP contribution in [0.3, 0.4) is 0 Å². The maximum absolute atomic E-state index is 12.1. The number of rotatable bonds is 10. The maximum atomic E-state index is 12.1. The van der Waals surface area contributed by atoms with Crippen LogP contribution >= 0.6 is 0 Å². The van der Waals surface area contributed by atoms with Gasteiger partial charge in [0.1, 0.15) is 11.5 Å². The number of hydrogen-bond acceptors (Lipinski definition) is 6. The van der Waals surface area contributed by atoms with Gasteiger partial charge in [0.05, 0.1) is 24.3 Å². The zero-order chi connectivity index (χ0) is 19.7. The number of nitrogen functional groups attached to an aromatic ring is 2. The van der Waals surface area contributed by atoms with E-state index in [2.05, 4.69) is 38.5 Å². The minimum Gasteiger partial charge on any atom is -0.493 e. The monoisotopic (exact) mass is 366 g/mol. The molecule has 8 nitrogen and oxygen atoms in total. The molecular weight excluding hydrogens is 336 g/mol. The summed E-state index contributed by atoms with van der Waals surface area (Å²) in [5.41, 5.74) is 4.41. The quantitative estimate of drug-likeness (QED) is 0.284. The lowest BCUT2D eigenvalue weighted by Gasteiger charge is -2.17. The highest BCUT2D eigenvalue weighted by Crippen LogP contribution is 2.30. The first-order valence-corrected chi connectivity index (χ1v) is 8.75. The van der Waals surface area contributed by atoms with E-state index in [0.717, 1.165) is 12.8 Å². The fourth-order valence-electron chi connectivity index (χ4n) is 2.12. The second kappa shape index (κ2) is 10.6. The lowest BCUT2D eigenvalue weighted by molar-refractivity contribution is 0.0948. The maximum Gasteiger partial charge on any atom is 0.268 e. The van der Waals surface area contributed by atoms with Gasteiger partial charge in [-0.1, -0.05) is 27.7 Å². The van der Waals surface area contributed by atoms with Crippen molar-refractivity contribution in [2.24, 2.45) is 23.5 Å². The van der Waals surface area contributed by atoms with Crippen LogP contribution in [0.25, 0.3) is 0 Å². The summed E-state index contributed by atoms with van der Waals surface area (Å²) in [6.07, 6.45) is 1.64. The molecule has 0 atom stereocenters. The van der Waals surface area contributed by atoms with Crippen LogP contribution < -0.4 is 32.0 Å². The van der Waals surface area contributed by atoms with E-state index in [4.69, 9.17) is 21.2 Å². The molecule has 0 saturated carbocycles. The van der Waals surface area contributed by atoms with Crippen LogP contribution in [0, 0.1) is 11.8 Å². The number of benzene rings is 1. The number of carbonyl (C=O) groups excluding carboxylic acids is 2. The standard InChI is InChI=1S/C18H30N4O4/c1-11(2)5-7-25-15-10-16(26-8-6-12(3)4)14(18(24)22-20)9-13(15)17(23)21-19/h9-12H,5-8,19-20H2,1-4H3,(H,21,23)(H,22,24). The summed E-state index contributed by atoms with van der Waals surface area (Å²) in [6.45, 7) is 9.16. The molecule has 0 spiro atoms. The molecule has 0 heterocycles. The lowest BCUT2D eigenvalue weighted by atomic mass is 10.1. The molecule has 146 valence electrons. The zero-order valence-corrected chi connectivity index (χ0v) is 15.9. The van der Waals surface area contributed by atoms with Gasteiger partial charge in [0.15, 0.2) is 0 Å². The summed E-state index contributed by atoms with van der Waals surface area (Å²) in [4.78, 5) is 24.2. The average molecular weight is 366 g/mol.